The number of aliphatic hydroxyl groups excluding tert-OH is 2. The van der Waals surface area contributed by atoms with Gasteiger partial charge in [-0.25, -0.2) is 0 Å². The third-order valence-electron chi connectivity index (χ3n) is 2.72. The summed E-state index contributed by atoms with van der Waals surface area (Å²) in [6.45, 7) is 0.289. The highest BCUT2D eigenvalue weighted by Crippen LogP contribution is 2.33. The number of hydrogen-bond donors (Lipinski definition) is 3. The van der Waals surface area contributed by atoms with Gasteiger partial charge in [0, 0.05) is 13.0 Å². The van der Waals surface area contributed by atoms with E-state index in [4.69, 9.17) is 20.3 Å². The van der Waals surface area contributed by atoms with Crippen molar-refractivity contribution in [3.8, 4) is 0 Å². The van der Waals surface area contributed by atoms with Crippen LogP contribution in [0.5, 0.6) is 0 Å². The molecule has 0 aliphatic carbocycles. The predicted molar refractivity (Wildman–Crippen MR) is 44.1 cm³/mol. The van der Waals surface area contributed by atoms with Gasteiger partial charge in [-0.2, -0.15) is 0 Å². The normalized spacial score (nSPS) is 49.6. The molecule has 2 fully saturated rings. The molecule has 13 heavy (non-hydrogen) atoms. The summed E-state index contributed by atoms with van der Waals surface area (Å²) in [4.78, 5) is 0. The molecule has 5 nitrogen and oxygen atoms in total. The quantitative estimate of drug-likeness (QED) is 0.478. The Morgan fingerprint density at radius 2 is 2.15 bits per heavy atom. The number of aliphatic hydroxyl groups is 2. The van der Waals surface area contributed by atoms with E-state index in [1.54, 1.807) is 0 Å². The van der Waals surface area contributed by atoms with E-state index in [1.807, 2.05) is 0 Å². The van der Waals surface area contributed by atoms with Gasteiger partial charge in [-0.15, -0.1) is 0 Å². The Balaban J connectivity index is 1.98. The van der Waals surface area contributed by atoms with E-state index in [0.717, 1.165) is 0 Å². The average Bonchev–Trinajstić information content (AvgIpc) is 2.65. The maximum atomic E-state index is 9.62. The van der Waals surface area contributed by atoms with Gasteiger partial charge >= 0.3 is 0 Å². The highest BCUT2D eigenvalue weighted by Gasteiger charge is 2.49. The molecule has 0 unspecified atom stereocenters. The first-order valence-electron chi connectivity index (χ1n) is 4.56. The number of hydrogen-bond acceptors (Lipinski definition) is 5. The van der Waals surface area contributed by atoms with E-state index in [0.29, 0.717) is 13.0 Å². The van der Waals surface area contributed by atoms with Gasteiger partial charge in [0.1, 0.15) is 18.3 Å². The first-order chi connectivity index (χ1) is 6.26. The fraction of sp³-hybridized carbons (Fsp3) is 1.00. The SMILES string of the molecule is NC[C@H]1C[C@@H]2O[C@H](CO)[C@@H](O)[C@@H]2O1. The lowest BCUT2D eigenvalue weighted by Gasteiger charge is -2.16. The molecule has 0 saturated carbocycles. The molecule has 2 rings (SSSR count). The Hall–Kier alpha value is -0.200. The molecule has 5 atom stereocenters. The largest absolute Gasteiger partial charge is 0.394 e. The molecule has 2 heterocycles. The first kappa shape index (κ1) is 9.36. The number of nitrogens with two attached hydrogens (primary N) is 1. The number of fused-ring (bicyclic) bond motifs is 1. The van der Waals surface area contributed by atoms with Crippen molar-refractivity contribution in [2.75, 3.05) is 13.2 Å². The summed E-state index contributed by atoms with van der Waals surface area (Å²) in [6.07, 6.45) is -0.898. The molecule has 2 aliphatic rings. The molecule has 76 valence electrons. The molecule has 2 saturated heterocycles. The van der Waals surface area contributed by atoms with Crippen molar-refractivity contribution < 1.29 is 19.7 Å². The molecule has 0 spiro atoms. The van der Waals surface area contributed by atoms with E-state index in [2.05, 4.69) is 0 Å². The fourth-order valence-corrected chi connectivity index (χ4v) is 2.01. The van der Waals surface area contributed by atoms with Crippen LogP contribution in [0.2, 0.25) is 0 Å². The second kappa shape index (κ2) is 3.51. The molecule has 4 N–H and O–H groups in total. The number of ether oxygens (including phenoxy) is 2. The molecule has 2 aliphatic heterocycles. The van der Waals surface area contributed by atoms with Crippen molar-refractivity contribution in [1.29, 1.82) is 0 Å². The predicted octanol–water partition coefficient (Wildman–Crippen LogP) is -1.78. The van der Waals surface area contributed by atoms with Crippen LogP contribution >= 0.6 is 0 Å². The Morgan fingerprint density at radius 3 is 2.69 bits per heavy atom. The third kappa shape index (κ3) is 1.47. The third-order valence-corrected chi connectivity index (χ3v) is 2.72. The highest BCUT2D eigenvalue weighted by molar-refractivity contribution is 4.97. The Bertz CT molecular complexity index is 189. The number of rotatable bonds is 2. The topological polar surface area (TPSA) is 84.9 Å². The van der Waals surface area contributed by atoms with Crippen LogP contribution in [0.3, 0.4) is 0 Å². The lowest BCUT2D eigenvalue weighted by molar-refractivity contribution is -0.0501. The summed E-state index contributed by atoms with van der Waals surface area (Å²) in [5, 5.41) is 18.5. The van der Waals surface area contributed by atoms with Gasteiger partial charge in [-0.1, -0.05) is 0 Å². The van der Waals surface area contributed by atoms with Crippen molar-refractivity contribution in [2.45, 2.75) is 36.9 Å². The van der Waals surface area contributed by atoms with E-state index < -0.39 is 12.2 Å². The second-order valence-electron chi connectivity index (χ2n) is 3.58. The Morgan fingerprint density at radius 1 is 1.38 bits per heavy atom. The molecule has 0 aromatic carbocycles. The van der Waals surface area contributed by atoms with Crippen LogP contribution in [0.15, 0.2) is 0 Å². The molecule has 0 amide bonds. The minimum Gasteiger partial charge on any atom is -0.394 e. The maximum Gasteiger partial charge on any atom is 0.113 e. The summed E-state index contributed by atoms with van der Waals surface area (Å²) in [7, 11) is 0. The Kier molecular flexibility index (Phi) is 2.53. The van der Waals surface area contributed by atoms with E-state index >= 15 is 0 Å². The van der Waals surface area contributed by atoms with Crippen molar-refractivity contribution in [3.63, 3.8) is 0 Å². The maximum absolute atomic E-state index is 9.62. The average molecular weight is 189 g/mol. The van der Waals surface area contributed by atoms with Crippen LogP contribution in [-0.4, -0.2) is 53.9 Å². The molecule has 0 bridgehead atoms. The summed E-state index contributed by atoms with van der Waals surface area (Å²) in [6, 6.07) is 0. The fourth-order valence-electron chi connectivity index (χ4n) is 2.01. The van der Waals surface area contributed by atoms with E-state index in [-0.39, 0.29) is 24.9 Å². The summed E-state index contributed by atoms with van der Waals surface area (Å²) in [5.41, 5.74) is 5.44. The van der Waals surface area contributed by atoms with E-state index in [9.17, 15) is 5.11 Å². The zero-order chi connectivity index (χ0) is 9.42. The smallest absolute Gasteiger partial charge is 0.113 e. The summed E-state index contributed by atoms with van der Waals surface area (Å²) < 4.78 is 10.9. The van der Waals surface area contributed by atoms with Gasteiger partial charge in [0.05, 0.1) is 18.8 Å². The van der Waals surface area contributed by atoms with Crippen molar-refractivity contribution in [3.05, 3.63) is 0 Å². The molecule has 0 aromatic heterocycles. The van der Waals surface area contributed by atoms with Crippen LogP contribution in [0.4, 0.5) is 0 Å². The molecule has 5 heteroatoms. The first-order valence-corrected chi connectivity index (χ1v) is 4.56. The summed E-state index contributed by atoms with van der Waals surface area (Å²) >= 11 is 0. The molecule has 0 aromatic rings. The minimum atomic E-state index is -0.716. The van der Waals surface area contributed by atoms with Gasteiger partial charge in [-0.05, 0) is 0 Å². The molecular weight excluding hydrogens is 174 g/mol. The van der Waals surface area contributed by atoms with Crippen molar-refractivity contribution in [1.82, 2.24) is 0 Å². The van der Waals surface area contributed by atoms with Crippen LogP contribution in [-0.2, 0) is 9.47 Å². The van der Waals surface area contributed by atoms with Gasteiger partial charge in [0.15, 0.2) is 0 Å². The lowest BCUT2D eigenvalue weighted by Crippen LogP contribution is -2.35. The molecule has 0 radical (unpaired) electrons. The van der Waals surface area contributed by atoms with E-state index in [1.165, 1.54) is 0 Å². The van der Waals surface area contributed by atoms with Gasteiger partial charge in [-0.3, -0.25) is 0 Å². The van der Waals surface area contributed by atoms with Crippen LogP contribution in [0, 0.1) is 0 Å². The van der Waals surface area contributed by atoms with Gasteiger partial charge in [0.2, 0.25) is 0 Å². The zero-order valence-electron chi connectivity index (χ0n) is 7.30. The standard InChI is InChI=1S/C8H15NO4/c9-2-4-1-5-8(12-4)7(11)6(3-10)13-5/h4-8,10-11H,1-3,9H2/t4-,5+,6-,7-,8-/m1/s1. The summed E-state index contributed by atoms with van der Waals surface area (Å²) in [5.74, 6) is 0. The monoisotopic (exact) mass is 189 g/mol. The van der Waals surface area contributed by atoms with Crippen LogP contribution < -0.4 is 5.73 Å². The van der Waals surface area contributed by atoms with Crippen molar-refractivity contribution in [2.24, 2.45) is 5.73 Å². The highest BCUT2D eigenvalue weighted by atomic mass is 16.6. The second-order valence-corrected chi connectivity index (χ2v) is 3.58. The Labute approximate surface area is 76.4 Å². The minimum absolute atomic E-state index is 0.00991. The van der Waals surface area contributed by atoms with Gasteiger partial charge in [0.25, 0.3) is 0 Å². The zero-order valence-corrected chi connectivity index (χ0v) is 7.30. The lowest BCUT2D eigenvalue weighted by atomic mass is 10.1. The van der Waals surface area contributed by atoms with Crippen molar-refractivity contribution >= 4 is 0 Å². The van der Waals surface area contributed by atoms with Crippen LogP contribution in [0.1, 0.15) is 6.42 Å². The van der Waals surface area contributed by atoms with Crippen LogP contribution in [0.25, 0.3) is 0 Å². The molecular formula is C8H15NO4. The van der Waals surface area contributed by atoms with Gasteiger partial charge < -0.3 is 25.4 Å².